The Balaban J connectivity index is 3.19. The Morgan fingerprint density at radius 1 is 1.35 bits per heavy atom. The Kier molecular flexibility index (Phi) is 4.35. The lowest BCUT2D eigenvalue weighted by atomic mass is 10.1. The van der Waals surface area contributed by atoms with E-state index in [4.69, 9.17) is 0 Å². The van der Waals surface area contributed by atoms with Gasteiger partial charge in [0.25, 0.3) is 0 Å². The molecule has 1 heterocycles. The van der Waals surface area contributed by atoms with Gasteiger partial charge in [-0.25, -0.2) is 13.1 Å². The van der Waals surface area contributed by atoms with E-state index in [-0.39, 0.29) is 0 Å². The minimum Gasteiger partial charge on any atom is -0.315 e. The number of hydrogen-bond donors (Lipinski definition) is 2. The fourth-order valence-electron chi connectivity index (χ4n) is 1.58. The highest BCUT2D eigenvalue weighted by molar-refractivity contribution is 7.89. The first-order valence-electron chi connectivity index (χ1n) is 5.43. The second-order valence-corrected chi connectivity index (χ2v) is 7.64. The summed E-state index contributed by atoms with van der Waals surface area (Å²) in [6.45, 7) is 7.91. The predicted molar refractivity (Wildman–Crippen MR) is 71.9 cm³/mol. The topological polar surface area (TPSA) is 58.2 Å². The van der Waals surface area contributed by atoms with Crippen molar-refractivity contribution in [1.82, 2.24) is 10.0 Å². The molecule has 0 saturated carbocycles. The lowest BCUT2D eigenvalue weighted by Crippen LogP contribution is -2.40. The van der Waals surface area contributed by atoms with Gasteiger partial charge in [-0.15, -0.1) is 11.3 Å². The van der Waals surface area contributed by atoms with Crippen molar-refractivity contribution in [2.24, 2.45) is 0 Å². The summed E-state index contributed by atoms with van der Waals surface area (Å²) in [5.41, 5.74) is 0.335. The fourth-order valence-corrected chi connectivity index (χ4v) is 4.83. The summed E-state index contributed by atoms with van der Waals surface area (Å²) >= 11 is 1.47. The van der Waals surface area contributed by atoms with Crippen molar-refractivity contribution in [2.45, 2.75) is 44.7 Å². The van der Waals surface area contributed by atoms with Crippen molar-refractivity contribution in [1.29, 1.82) is 0 Å². The summed E-state index contributed by atoms with van der Waals surface area (Å²) in [7, 11) is -1.63. The van der Waals surface area contributed by atoms with Crippen LogP contribution in [0.25, 0.3) is 0 Å². The van der Waals surface area contributed by atoms with Gasteiger partial charge in [-0.1, -0.05) is 0 Å². The second-order valence-electron chi connectivity index (χ2n) is 5.06. The molecule has 0 unspecified atom stereocenters. The largest absolute Gasteiger partial charge is 0.315 e. The number of hydrogen-bond acceptors (Lipinski definition) is 4. The molecule has 17 heavy (non-hydrogen) atoms. The zero-order valence-electron chi connectivity index (χ0n) is 10.9. The molecule has 0 aliphatic rings. The molecule has 0 saturated heterocycles. The normalized spacial score (nSPS) is 13.0. The van der Waals surface area contributed by atoms with Crippen LogP contribution in [0.2, 0.25) is 0 Å². The van der Waals surface area contributed by atoms with Gasteiger partial charge in [0.15, 0.2) is 0 Å². The number of nitrogens with one attached hydrogen (secondary N) is 2. The van der Waals surface area contributed by atoms with E-state index in [1.165, 1.54) is 11.3 Å². The van der Waals surface area contributed by atoms with Crippen LogP contribution < -0.4 is 10.0 Å². The maximum absolute atomic E-state index is 12.3. The fraction of sp³-hybridized carbons (Fsp3) is 0.636. The van der Waals surface area contributed by atoms with Crippen LogP contribution in [0.15, 0.2) is 10.3 Å². The van der Waals surface area contributed by atoms with Gasteiger partial charge >= 0.3 is 0 Å². The Hall–Kier alpha value is -0.430. The molecular weight excluding hydrogens is 256 g/mol. The average Bonchev–Trinajstić information content (AvgIpc) is 2.43. The Morgan fingerprint density at radius 3 is 2.41 bits per heavy atom. The summed E-state index contributed by atoms with van der Waals surface area (Å²) in [5, 5.41) is 4.87. The molecule has 0 amide bonds. The first-order valence-corrected chi connectivity index (χ1v) is 7.79. The van der Waals surface area contributed by atoms with E-state index >= 15 is 0 Å². The summed E-state index contributed by atoms with van der Waals surface area (Å²) in [5.74, 6) is 0. The van der Waals surface area contributed by atoms with Crippen molar-refractivity contribution in [3.8, 4) is 0 Å². The van der Waals surface area contributed by atoms with E-state index in [1.807, 2.05) is 40.1 Å². The summed E-state index contributed by atoms with van der Waals surface area (Å²) in [6.07, 6.45) is 0. The molecule has 4 nitrogen and oxygen atoms in total. The van der Waals surface area contributed by atoms with Crippen LogP contribution in [0, 0.1) is 6.92 Å². The molecule has 0 aliphatic heterocycles. The van der Waals surface area contributed by atoms with Crippen LogP contribution in [0.3, 0.4) is 0 Å². The summed E-state index contributed by atoms with van der Waals surface area (Å²) in [4.78, 5) is 1.27. The van der Waals surface area contributed by atoms with E-state index in [9.17, 15) is 8.42 Å². The SMILES string of the molecule is CNCc1scc(C)c1S(=O)(=O)NC(C)(C)C. The zero-order chi connectivity index (χ0) is 13.3. The minimum absolute atomic E-state index is 0.423. The molecule has 0 radical (unpaired) electrons. The quantitative estimate of drug-likeness (QED) is 0.882. The van der Waals surface area contributed by atoms with Gasteiger partial charge in [0.2, 0.25) is 10.0 Å². The third kappa shape index (κ3) is 3.77. The van der Waals surface area contributed by atoms with Gasteiger partial charge in [0.1, 0.15) is 4.90 Å². The zero-order valence-corrected chi connectivity index (χ0v) is 12.6. The highest BCUT2D eigenvalue weighted by atomic mass is 32.2. The molecule has 0 bridgehead atoms. The van der Waals surface area contributed by atoms with Gasteiger partial charge in [0, 0.05) is 17.0 Å². The van der Waals surface area contributed by atoms with Gasteiger partial charge in [-0.05, 0) is 45.7 Å². The third-order valence-corrected chi connectivity index (χ3v) is 5.26. The van der Waals surface area contributed by atoms with E-state index in [2.05, 4.69) is 10.0 Å². The average molecular weight is 276 g/mol. The Bertz CT molecular complexity index is 484. The second kappa shape index (κ2) is 5.06. The van der Waals surface area contributed by atoms with Gasteiger partial charge in [-0.3, -0.25) is 0 Å². The van der Waals surface area contributed by atoms with Gasteiger partial charge in [0.05, 0.1) is 0 Å². The molecule has 1 aromatic rings. The van der Waals surface area contributed by atoms with Crippen LogP contribution in [0.4, 0.5) is 0 Å². The Labute approximate surface area is 107 Å². The maximum atomic E-state index is 12.3. The van der Waals surface area contributed by atoms with Crippen molar-refractivity contribution in [3.05, 3.63) is 15.8 Å². The van der Waals surface area contributed by atoms with E-state index in [0.29, 0.717) is 11.4 Å². The first kappa shape index (κ1) is 14.6. The molecule has 1 rings (SSSR count). The number of rotatable bonds is 4. The maximum Gasteiger partial charge on any atom is 0.242 e. The van der Waals surface area contributed by atoms with Crippen LogP contribution in [-0.2, 0) is 16.6 Å². The first-order chi connectivity index (χ1) is 7.67. The molecule has 6 heteroatoms. The smallest absolute Gasteiger partial charge is 0.242 e. The molecule has 0 atom stereocenters. The van der Waals surface area contributed by atoms with Crippen molar-refractivity contribution in [2.75, 3.05) is 7.05 Å². The predicted octanol–water partition coefficient (Wildman–Crippen LogP) is 1.85. The van der Waals surface area contributed by atoms with Gasteiger partial charge < -0.3 is 5.32 Å². The third-order valence-electron chi connectivity index (χ3n) is 2.04. The lowest BCUT2D eigenvalue weighted by molar-refractivity contribution is 0.491. The van der Waals surface area contributed by atoms with E-state index in [0.717, 1.165) is 10.4 Å². The highest BCUT2D eigenvalue weighted by Crippen LogP contribution is 2.27. The van der Waals surface area contributed by atoms with Crippen molar-refractivity contribution in [3.63, 3.8) is 0 Å². The van der Waals surface area contributed by atoms with Crippen molar-refractivity contribution < 1.29 is 8.42 Å². The van der Waals surface area contributed by atoms with Crippen LogP contribution >= 0.6 is 11.3 Å². The monoisotopic (exact) mass is 276 g/mol. The summed E-state index contributed by atoms with van der Waals surface area (Å²) < 4.78 is 27.3. The standard InChI is InChI=1S/C11H20N2O2S2/c1-8-7-16-9(6-12-5)10(8)17(14,15)13-11(2,3)4/h7,12-13H,6H2,1-5H3. The molecule has 0 aliphatic carbocycles. The number of aryl methyl sites for hydroxylation is 1. The van der Waals surface area contributed by atoms with Gasteiger partial charge in [-0.2, -0.15) is 0 Å². The molecule has 1 aromatic heterocycles. The molecule has 98 valence electrons. The Morgan fingerprint density at radius 2 is 1.94 bits per heavy atom. The number of thiophene rings is 1. The lowest BCUT2D eigenvalue weighted by Gasteiger charge is -2.21. The molecule has 0 fully saturated rings. The minimum atomic E-state index is -3.44. The molecule has 0 spiro atoms. The van der Waals surface area contributed by atoms with Crippen LogP contribution in [-0.4, -0.2) is 21.0 Å². The molecular formula is C11H20N2O2S2. The van der Waals surface area contributed by atoms with E-state index in [1.54, 1.807) is 0 Å². The number of sulfonamides is 1. The van der Waals surface area contributed by atoms with Crippen LogP contribution in [0.1, 0.15) is 31.2 Å². The molecule has 2 N–H and O–H groups in total. The summed E-state index contributed by atoms with van der Waals surface area (Å²) in [6, 6.07) is 0. The molecule has 0 aromatic carbocycles. The highest BCUT2D eigenvalue weighted by Gasteiger charge is 2.27. The van der Waals surface area contributed by atoms with Crippen molar-refractivity contribution >= 4 is 21.4 Å². The van der Waals surface area contributed by atoms with E-state index < -0.39 is 15.6 Å². The van der Waals surface area contributed by atoms with Crippen LogP contribution in [0.5, 0.6) is 0 Å².